The quantitative estimate of drug-likeness (QED) is 0.804. The molecule has 1 aliphatic rings. The van der Waals surface area contributed by atoms with Gasteiger partial charge in [0.2, 0.25) is 5.95 Å². The van der Waals surface area contributed by atoms with Crippen molar-refractivity contribution in [1.29, 1.82) is 0 Å². The van der Waals surface area contributed by atoms with Gasteiger partial charge in [-0.3, -0.25) is 0 Å². The fraction of sp³-hybridized carbons (Fsp3) is 0.462. The van der Waals surface area contributed by atoms with Crippen LogP contribution in [0.4, 0.5) is 5.95 Å². The topological polar surface area (TPSA) is 47.1 Å². The van der Waals surface area contributed by atoms with Gasteiger partial charge in [0.15, 0.2) is 0 Å². The molecule has 1 aliphatic heterocycles. The van der Waals surface area contributed by atoms with Crippen LogP contribution in [0.3, 0.4) is 0 Å². The number of fused-ring (bicyclic) bond motifs is 1. The normalized spacial score (nSPS) is 24.8. The molecule has 2 heterocycles. The van der Waals surface area contributed by atoms with E-state index in [-0.39, 0.29) is 6.04 Å². The summed E-state index contributed by atoms with van der Waals surface area (Å²) in [5.41, 5.74) is 8.30. The monoisotopic (exact) mass is 230 g/mol. The minimum atomic E-state index is 0.259. The van der Waals surface area contributed by atoms with Gasteiger partial charge in [0, 0.05) is 26.2 Å². The van der Waals surface area contributed by atoms with Crippen LogP contribution in [0.2, 0.25) is 0 Å². The van der Waals surface area contributed by atoms with Crippen molar-refractivity contribution in [3.63, 3.8) is 0 Å². The van der Waals surface area contributed by atoms with Gasteiger partial charge in [0.1, 0.15) is 0 Å². The van der Waals surface area contributed by atoms with Gasteiger partial charge in [-0.15, -0.1) is 0 Å². The molecule has 0 aliphatic carbocycles. The molecule has 4 heteroatoms. The van der Waals surface area contributed by atoms with Crippen molar-refractivity contribution in [3.05, 3.63) is 24.3 Å². The van der Waals surface area contributed by atoms with Crippen molar-refractivity contribution in [2.24, 2.45) is 18.7 Å². The summed E-state index contributed by atoms with van der Waals surface area (Å²) in [4.78, 5) is 6.98. The third-order valence-electron chi connectivity index (χ3n) is 3.72. The fourth-order valence-corrected chi connectivity index (χ4v) is 2.57. The van der Waals surface area contributed by atoms with Gasteiger partial charge in [-0.05, 0) is 18.1 Å². The number of aryl methyl sites for hydroxylation is 1. The minimum absolute atomic E-state index is 0.259. The molecular weight excluding hydrogens is 212 g/mol. The summed E-state index contributed by atoms with van der Waals surface area (Å²) in [5, 5.41) is 0. The Bertz CT molecular complexity index is 535. The van der Waals surface area contributed by atoms with E-state index in [4.69, 9.17) is 10.7 Å². The summed E-state index contributed by atoms with van der Waals surface area (Å²) in [6, 6.07) is 8.49. The summed E-state index contributed by atoms with van der Waals surface area (Å²) in [5.74, 6) is 1.57. The highest BCUT2D eigenvalue weighted by Crippen LogP contribution is 2.25. The predicted octanol–water partition coefficient (Wildman–Crippen LogP) is 1.36. The predicted molar refractivity (Wildman–Crippen MR) is 70.1 cm³/mol. The third kappa shape index (κ3) is 1.60. The van der Waals surface area contributed by atoms with Gasteiger partial charge in [-0.1, -0.05) is 19.1 Å². The molecule has 0 spiro atoms. The Labute approximate surface area is 101 Å². The molecule has 90 valence electrons. The highest BCUT2D eigenvalue weighted by Gasteiger charge is 2.29. The first-order valence-corrected chi connectivity index (χ1v) is 6.09. The van der Waals surface area contributed by atoms with E-state index in [1.165, 1.54) is 5.52 Å². The number of imidazole rings is 1. The number of hydrogen-bond acceptors (Lipinski definition) is 3. The number of nitrogens with two attached hydrogens (primary N) is 1. The van der Waals surface area contributed by atoms with E-state index in [2.05, 4.69) is 35.6 Å². The molecule has 0 bridgehead atoms. The molecule has 2 unspecified atom stereocenters. The molecule has 17 heavy (non-hydrogen) atoms. The standard InChI is InChI=1S/C13H18N4/c1-9-7-17(8-10(9)14)13-15-11-5-3-4-6-12(11)16(13)2/h3-6,9-10H,7-8,14H2,1-2H3. The number of nitrogens with zero attached hydrogens (tertiary/aromatic N) is 3. The molecule has 1 fully saturated rings. The lowest BCUT2D eigenvalue weighted by Gasteiger charge is -2.16. The lowest BCUT2D eigenvalue weighted by atomic mass is 10.1. The maximum Gasteiger partial charge on any atom is 0.206 e. The Kier molecular flexibility index (Phi) is 2.33. The van der Waals surface area contributed by atoms with Crippen molar-refractivity contribution in [2.75, 3.05) is 18.0 Å². The van der Waals surface area contributed by atoms with Gasteiger partial charge in [0.25, 0.3) is 0 Å². The van der Waals surface area contributed by atoms with Crippen LogP contribution in [-0.2, 0) is 7.05 Å². The molecule has 4 nitrogen and oxygen atoms in total. The number of anilines is 1. The third-order valence-corrected chi connectivity index (χ3v) is 3.72. The van der Waals surface area contributed by atoms with Crippen LogP contribution in [0.15, 0.2) is 24.3 Å². The van der Waals surface area contributed by atoms with Crippen molar-refractivity contribution >= 4 is 17.0 Å². The maximum absolute atomic E-state index is 6.07. The summed E-state index contributed by atoms with van der Waals surface area (Å²) >= 11 is 0. The van der Waals surface area contributed by atoms with Crippen molar-refractivity contribution < 1.29 is 0 Å². The van der Waals surface area contributed by atoms with E-state index in [9.17, 15) is 0 Å². The number of rotatable bonds is 1. The maximum atomic E-state index is 6.07. The molecule has 2 atom stereocenters. The van der Waals surface area contributed by atoms with Crippen molar-refractivity contribution in [2.45, 2.75) is 13.0 Å². The Morgan fingerprint density at radius 2 is 2.06 bits per heavy atom. The van der Waals surface area contributed by atoms with Gasteiger partial charge in [0.05, 0.1) is 11.0 Å². The second-order valence-corrected chi connectivity index (χ2v) is 5.01. The number of para-hydroxylation sites is 2. The van der Waals surface area contributed by atoms with E-state index >= 15 is 0 Å². The first-order valence-electron chi connectivity index (χ1n) is 6.09. The van der Waals surface area contributed by atoms with Gasteiger partial charge >= 0.3 is 0 Å². The largest absolute Gasteiger partial charge is 0.340 e. The summed E-state index contributed by atoms with van der Waals surface area (Å²) < 4.78 is 2.15. The number of benzene rings is 1. The molecule has 1 saturated heterocycles. The van der Waals surface area contributed by atoms with E-state index < -0.39 is 0 Å². The van der Waals surface area contributed by atoms with Crippen LogP contribution in [0.1, 0.15) is 6.92 Å². The molecule has 0 amide bonds. The van der Waals surface area contributed by atoms with E-state index in [1.54, 1.807) is 0 Å². The van der Waals surface area contributed by atoms with Crippen LogP contribution in [-0.4, -0.2) is 28.7 Å². The van der Waals surface area contributed by atoms with Crippen LogP contribution < -0.4 is 10.6 Å². The van der Waals surface area contributed by atoms with Crippen LogP contribution in [0, 0.1) is 5.92 Å². The molecule has 0 saturated carbocycles. The van der Waals surface area contributed by atoms with Crippen molar-refractivity contribution in [3.8, 4) is 0 Å². The van der Waals surface area contributed by atoms with Gasteiger partial charge in [-0.25, -0.2) is 4.98 Å². The lowest BCUT2D eigenvalue weighted by molar-refractivity contribution is 0.565. The van der Waals surface area contributed by atoms with Crippen molar-refractivity contribution in [1.82, 2.24) is 9.55 Å². The second kappa shape index (κ2) is 3.74. The van der Waals surface area contributed by atoms with Gasteiger partial charge < -0.3 is 15.2 Å². The lowest BCUT2D eigenvalue weighted by Crippen LogP contribution is -2.29. The SMILES string of the molecule is CC1CN(c2nc3ccccc3n2C)CC1N. The Hall–Kier alpha value is -1.55. The molecule has 2 aromatic rings. The molecule has 2 N–H and O–H groups in total. The highest BCUT2D eigenvalue weighted by atomic mass is 15.3. The van der Waals surface area contributed by atoms with Crippen LogP contribution in [0.25, 0.3) is 11.0 Å². The smallest absolute Gasteiger partial charge is 0.206 e. The Morgan fingerprint density at radius 3 is 2.71 bits per heavy atom. The molecule has 1 aromatic heterocycles. The average molecular weight is 230 g/mol. The highest BCUT2D eigenvalue weighted by molar-refractivity contribution is 5.78. The molecule has 3 rings (SSSR count). The first kappa shape index (κ1) is 10.6. The zero-order valence-corrected chi connectivity index (χ0v) is 10.3. The van der Waals surface area contributed by atoms with E-state index in [1.807, 2.05) is 12.1 Å². The molecule has 1 aromatic carbocycles. The second-order valence-electron chi connectivity index (χ2n) is 5.01. The minimum Gasteiger partial charge on any atom is -0.340 e. The summed E-state index contributed by atoms with van der Waals surface area (Å²) in [6.07, 6.45) is 0. The van der Waals surface area contributed by atoms with E-state index in [0.717, 1.165) is 24.6 Å². The Morgan fingerprint density at radius 1 is 1.29 bits per heavy atom. The first-order chi connectivity index (χ1) is 8.16. The zero-order valence-electron chi connectivity index (χ0n) is 10.3. The number of hydrogen-bond donors (Lipinski definition) is 1. The van der Waals surface area contributed by atoms with Gasteiger partial charge in [-0.2, -0.15) is 0 Å². The number of aromatic nitrogens is 2. The fourth-order valence-electron chi connectivity index (χ4n) is 2.57. The summed E-state index contributed by atoms with van der Waals surface area (Å²) in [7, 11) is 2.07. The Balaban J connectivity index is 2.04. The summed E-state index contributed by atoms with van der Waals surface area (Å²) in [6.45, 7) is 4.10. The molecule has 0 radical (unpaired) electrons. The van der Waals surface area contributed by atoms with Crippen LogP contribution in [0.5, 0.6) is 0 Å². The average Bonchev–Trinajstić information content (AvgIpc) is 2.82. The van der Waals surface area contributed by atoms with Crippen LogP contribution >= 0.6 is 0 Å². The molecular formula is C13H18N4. The van der Waals surface area contributed by atoms with E-state index in [0.29, 0.717) is 5.92 Å². The zero-order chi connectivity index (χ0) is 12.0.